The second kappa shape index (κ2) is 7.43. The Morgan fingerprint density at radius 3 is 2.40 bits per heavy atom. The van der Waals surface area contributed by atoms with Crippen molar-refractivity contribution in [1.82, 2.24) is 5.32 Å². The standard InChI is InChI=1S/C15H29NO3S/c1-4-15(2,3)9-5-6-14(17)16-12-13-7-10-20(18,19)11-8-13/h13H,4-12H2,1-3H3,(H,16,17). The average Bonchev–Trinajstić information content (AvgIpc) is 2.37. The van der Waals surface area contributed by atoms with Gasteiger partial charge in [0.1, 0.15) is 9.84 Å². The van der Waals surface area contributed by atoms with E-state index in [1.807, 2.05) is 0 Å². The van der Waals surface area contributed by atoms with Crippen molar-refractivity contribution in [3.8, 4) is 0 Å². The summed E-state index contributed by atoms with van der Waals surface area (Å²) in [6.07, 6.45) is 5.07. The lowest BCUT2D eigenvalue weighted by molar-refractivity contribution is -0.121. The highest BCUT2D eigenvalue weighted by Crippen LogP contribution is 2.26. The number of rotatable bonds is 7. The van der Waals surface area contributed by atoms with Gasteiger partial charge in [-0.2, -0.15) is 0 Å². The van der Waals surface area contributed by atoms with Crippen molar-refractivity contribution in [2.75, 3.05) is 18.1 Å². The molecule has 1 aliphatic rings. The minimum atomic E-state index is -2.80. The van der Waals surface area contributed by atoms with Crippen molar-refractivity contribution in [3.05, 3.63) is 0 Å². The Kier molecular flexibility index (Phi) is 6.49. The maximum Gasteiger partial charge on any atom is 0.220 e. The first-order chi connectivity index (χ1) is 9.24. The lowest BCUT2D eigenvalue weighted by atomic mass is 9.85. The topological polar surface area (TPSA) is 63.2 Å². The van der Waals surface area contributed by atoms with Crippen molar-refractivity contribution in [2.45, 2.75) is 59.3 Å². The van der Waals surface area contributed by atoms with Crippen molar-refractivity contribution in [1.29, 1.82) is 0 Å². The third-order valence-electron chi connectivity index (χ3n) is 4.48. The van der Waals surface area contributed by atoms with Crippen molar-refractivity contribution >= 4 is 15.7 Å². The van der Waals surface area contributed by atoms with E-state index in [0.29, 0.717) is 37.1 Å². The predicted molar refractivity (Wildman–Crippen MR) is 82.3 cm³/mol. The maximum atomic E-state index is 11.8. The Bertz CT molecular complexity index is 401. The van der Waals surface area contributed by atoms with E-state index in [0.717, 1.165) is 19.3 Å². The number of amides is 1. The zero-order chi connectivity index (χ0) is 15.2. The van der Waals surface area contributed by atoms with Crippen LogP contribution >= 0.6 is 0 Å². The molecule has 20 heavy (non-hydrogen) atoms. The molecule has 0 spiro atoms. The van der Waals surface area contributed by atoms with Crippen LogP contribution in [-0.2, 0) is 14.6 Å². The quantitative estimate of drug-likeness (QED) is 0.786. The fraction of sp³-hybridized carbons (Fsp3) is 0.933. The molecule has 118 valence electrons. The minimum Gasteiger partial charge on any atom is -0.356 e. The Labute approximate surface area is 123 Å². The molecule has 1 fully saturated rings. The van der Waals surface area contributed by atoms with E-state index >= 15 is 0 Å². The summed E-state index contributed by atoms with van der Waals surface area (Å²) in [4.78, 5) is 11.8. The van der Waals surface area contributed by atoms with E-state index in [4.69, 9.17) is 0 Å². The molecule has 1 saturated heterocycles. The molecular weight excluding hydrogens is 274 g/mol. The molecule has 1 heterocycles. The van der Waals surface area contributed by atoms with Crippen LogP contribution in [0.2, 0.25) is 0 Å². The van der Waals surface area contributed by atoms with Crippen molar-refractivity contribution in [2.24, 2.45) is 11.3 Å². The fourth-order valence-electron chi connectivity index (χ4n) is 2.39. The first-order valence-electron chi connectivity index (χ1n) is 7.71. The van der Waals surface area contributed by atoms with Gasteiger partial charge in [0.05, 0.1) is 11.5 Å². The number of nitrogens with one attached hydrogen (secondary N) is 1. The van der Waals surface area contributed by atoms with Crippen LogP contribution in [0.4, 0.5) is 0 Å². The first kappa shape index (κ1) is 17.5. The zero-order valence-electron chi connectivity index (χ0n) is 13.1. The molecule has 0 atom stereocenters. The molecule has 0 aromatic heterocycles. The van der Waals surface area contributed by atoms with E-state index in [-0.39, 0.29) is 17.4 Å². The summed E-state index contributed by atoms with van der Waals surface area (Å²) >= 11 is 0. The third kappa shape index (κ3) is 6.73. The van der Waals surface area contributed by atoms with Crippen LogP contribution in [0.3, 0.4) is 0 Å². The summed E-state index contributed by atoms with van der Waals surface area (Å²) in [5.41, 5.74) is 0.317. The molecule has 1 rings (SSSR count). The summed E-state index contributed by atoms with van der Waals surface area (Å²) in [5, 5.41) is 2.95. The Balaban J connectivity index is 2.15. The molecule has 0 aliphatic carbocycles. The first-order valence-corrected chi connectivity index (χ1v) is 9.53. The largest absolute Gasteiger partial charge is 0.356 e. The molecule has 1 amide bonds. The number of hydrogen-bond donors (Lipinski definition) is 1. The Morgan fingerprint density at radius 1 is 1.25 bits per heavy atom. The third-order valence-corrected chi connectivity index (χ3v) is 6.19. The van der Waals surface area contributed by atoms with Gasteiger partial charge in [0, 0.05) is 13.0 Å². The van der Waals surface area contributed by atoms with Gasteiger partial charge in [0.25, 0.3) is 0 Å². The van der Waals surface area contributed by atoms with Crippen LogP contribution in [0, 0.1) is 11.3 Å². The lowest BCUT2D eigenvalue weighted by Gasteiger charge is -2.23. The van der Waals surface area contributed by atoms with Gasteiger partial charge in [-0.1, -0.05) is 27.2 Å². The normalized spacial score (nSPS) is 19.8. The van der Waals surface area contributed by atoms with Gasteiger partial charge in [-0.3, -0.25) is 4.79 Å². The average molecular weight is 303 g/mol. The predicted octanol–water partition coefficient (Wildman–Crippen LogP) is 2.53. The molecular formula is C15H29NO3S. The van der Waals surface area contributed by atoms with Crippen LogP contribution in [-0.4, -0.2) is 32.4 Å². The van der Waals surface area contributed by atoms with Gasteiger partial charge in [-0.05, 0) is 37.0 Å². The number of sulfone groups is 1. The summed E-state index contributed by atoms with van der Waals surface area (Å²) in [7, 11) is -2.80. The van der Waals surface area contributed by atoms with E-state index in [1.54, 1.807) is 0 Å². The van der Waals surface area contributed by atoms with E-state index in [1.165, 1.54) is 0 Å². The fourth-order valence-corrected chi connectivity index (χ4v) is 3.98. The van der Waals surface area contributed by atoms with Crippen LogP contribution in [0.1, 0.15) is 59.3 Å². The van der Waals surface area contributed by atoms with E-state index in [2.05, 4.69) is 26.1 Å². The van der Waals surface area contributed by atoms with Gasteiger partial charge in [0.15, 0.2) is 0 Å². The summed E-state index contributed by atoms with van der Waals surface area (Å²) < 4.78 is 22.6. The van der Waals surface area contributed by atoms with Gasteiger partial charge < -0.3 is 5.32 Å². The van der Waals surface area contributed by atoms with Crippen LogP contribution < -0.4 is 5.32 Å². The highest BCUT2D eigenvalue weighted by atomic mass is 32.2. The molecule has 4 nitrogen and oxygen atoms in total. The Hall–Kier alpha value is -0.580. The van der Waals surface area contributed by atoms with Crippen molar-refractivity contribution in [3.63, 3.8) is 0 Å². The van der Waals surface area contributed by atoms with Gasteiger partial charge in [-0.15, -0.1) is 0 Å². The zero-order valence-corrected chi connectivity index (χ0v) is 13.9. The number of carbonyl (C=O) groups excluding carboxylic acids is 1. The number of hydrogen-bond acceptors (Lipinski definition) is 3. The molecule has 0 aromatic rings. The summed E-state index contributed by atoms with van der Waals surface area (Å²) in [5.74, 6) is 0.982. The molecule has 0 bridgehead atoms. The van der Waals surface area contributed by atoms with Crippen LogP contribution in [0.15, 0.2) is 0 Å². The van der Waals surface area contributed by atoms with Gasteiger partial charge in [0.2, 0.25) is 5.91 Å². The monoisotopic (exact) mass is 303 g/mol. The minimum absolute atomic E-state index is 0.102. The second-order valence-electron chi connectivity index (χ2n) is 6.77. The maximum absolute atomic E-state index is 11.8. The Morgan fingerprint density at radius 2 is 1.85 bits per heavy atom. The molecule has 0 radical (unpaired) electrons. The second-order valence-corrected chi connectivity index (χ2v) is 9.07. The highest BCUT2D eigenvalue weighted by Gasteiger charge is 2.23. The van der Waals surface area contributed by atoms with Crippen LogP contribution in [0.5, 0.6) is 0 Å². The molecule has 1 N–H and O–H groups in total. The van der Waals surface area contributed by atoms with Gasteiger partial charge in [-0.25, -0.2) is 8.42 Å². The van der Waals surface area contributed by atoms with Crippen molar-refractivity contribution < 1.29 is 13.2 Å². The highest BCUT2D eigenvalue weighted by molar-refractivity contribution is 7.91. The molecule has 1 aliphatic heterocycles. The van der Waals surface area contributed by atoms with Gasteiger partial charge >= 0.3 is 0 Å². The lowest BCUT2D eigenvalue weighted by Crippen LogP contribution is -2.34. The molecule has 0 aromatic carbocycles. The van der Waals surface area contributed by atoms with Crippen LogP contribution in [0.25, 0.3) is 0 Å². The van der Waals surface area contributed by atoms with E-state index in [9.17, 15) is 13.2 Å². The smallest absolute Gasteiger partial charge is 0.220 e. The summed E-state index contributed by atoms with van der Waals surface area (Å²) in [6, 6.07) is 0. The summed E-state index contributed by atoms with van der Waals surface area (Å²) in [6.45, 7) is 7.27. The molecule has 0 unspecified atom stereocenters. The van der Waals surface area contributed by atoms with E-state index < -0.39 is 9.84 Å². The molecule has 5 heteroatoms. The SMILES string of the molecule is CCC(C)(C)CCCC(=O)NCC1CCS(=O)(=O)CC1. The number of carbonyl (C=O) groups is 1. The molecule has 0 saturated carbocycles.